The van der Waals surface area contributed by atoms with Crippen molar-refractivity contribution in [3.8, 4) is 0 Å². The zero-order valence-corrected chi connectivity index (χ0v) is 17.5. The normalized spacial score (nSPS) is 30.7. The molecule has 0 aliphatic carbocycles. The highest BCUT2D eigenvalue weighted by Gasteiger charge is 2.40. The van der Waals surface area contributed by atoms with Gasteiger partial charge in [0.05, 0.1) is 10.4 Å². The second kappa shape index (κ2) is 7.28. The van der Waals surface area contributed by atoms with E-state index in [2.05, 4.69) is 44.4 Å². The lowest BCUT2D eigenvalue weighted by Crippen LogP contribution is -2.62. The highest BCUT2D eigenvalue weighted by molar-refractivity contribution is 7.17. The molecule has 0 radical (unpaired) electrons. The lowest BCUT2D eigenvalue weighted by atomic mass is 9.79. The number of hydrogen-bond acceptors (Lipinski definition) is 6. The Morgan fingerprint density at radius 1 is 1.18 bits per heavy atom. The number of pyridine rings is 1. The summed E-state index contributed by atoms with van der Waals surface area (Å²) < 4.78 is 1.15. The molecule has 2 bridgehead atoms. The highest BCUT2D eigenvalue weighted by Crippen LogP contribution is 2.34. The maximum Gasteiger partial charge on any atom is 0.270 e. The van der Waals surface area contributed by atoms with Gasteiger partial charge in [0.1, 0.15) is 5.69 Å². The number of amides is 1. The van der Waals surface area contributed by atoms with Crippen LogP contribution in [0.4, 0.5) is 5.69 Å². The van der Waals surface area contributed by atoms with Crippen molar-refractivity contribution in [3.63, 3.8) is 0 Å². The molecule has 28 heavy (non-hydrogen) atoms. The van der Waals surface area contributed by atoms with Gasteiger partial charge in [0.25, 0.3) is 5.91 Å². The molecule has 0 saturated carbocycles. The van der Waals surface area contributed by atoms with E-state index in [4.69, 9.17) is 0 Å². The van der Waals surface area contributed by atoms with Crippen molar-refractivity contribution in [2.24, 2.45) is 5.92 Å². The van der Waals surface area contributed by atoms with Crippen LogP contribution in [-0.2, 0) is 0 Å². The summed E-state index contributed by atoms with van der Waals surface area (Å²) in [6.45, 7) is 8.81. The Balaban J connectivity index is 1.37. The Bertz CT molecular complexity index is 865. The van der Waals surface area contributed by atoms with Crippen LogP contribution >= 0.6 is 11.3 Å². The number of aromatic nitrogens is 1. The lowest BCUT2D eigenvalue weighted by Gasteiger charge is -2.49. The topological polar surface area (TPSA) is 51.7 Å². The molecule has 6 rings (SSSR count). The number of piperazine rings is 1. The van der Waals surface area contributed by atoms with Crippen molar-refractivity contribution >= 4 is 33.0 Å². The van der Waals surface area contributed by atoms with Crippen molar-refractivity contribution in [3.05, 3.63) is 23.3 Å². The summed E-state index contributed by atoms with van der Waals surface area (Å²) in [5, 5.41) is 6.70. The summed E-state index contributed by atoms with van der Waals surface area (Å²) in [7, 11) is 2.17. The predicted octanol–water partition coefficient (Wildman–Crippen LogP) is 2.26. The first-order chi connectivity index (χ1) is 13.6. The minimum absolute atomic E-state index is 0.0250. The summed E-state index contributed by atoms with van der Waals surface area (Å²) in [5.74, 6) is 0.581. The van der Waals surface area contributed by atoms with Crippen LogP contribution in [0.2, 0.25) is 0 Å². The summed E-state index contributed by atoms with van der Waals surface area (Å²) in [6, 6.07) is 2.66. The SMILES string of the molecule is CC1C(NC(=O)c2cc3c(N4CCN(C)CC4)csc3cn2)C2CCN1CC2. The second-order valence-corrected chi connectivity index (χ2v) is 9.50. The predicted molar refractivity (Wildman–Crippen MR) is 114 cm³/mol. The van der Waals surface area contributed by atoms with Gasteiger partial charge in [-0.15, -0.1) is 11.3 Å². The average Bonchev–Trinajstić information content (AvgIpc) is 3.15. The zero-order valence-electron chi connectivity index (χ0n) is 16.7. The molecule has 6 nitrogen and oxygen atoms in total. The van der Waals surface area contributed by atoms with Gasteiger partial charge in [0.2, 0.25) is 0 Å². The van der Waals surface area contributed by atoms with Gasteiger partial charge in [0.15, 0.2) is 0 Å². The Hall–Kier alpha value is -1.70. The van der Waals surface area contributed by atoms with Gasteiger partial charge >= 0.3 is 0 Å². The van der Waals surface area contributed by atoms with Gasteiger partial charge in [-0.25, -0.2) is 4.98 Å². The molecule has 1 amide bonds. The Labute approximate surface area is 170 Å². The summed E-state index contributed by atoms with van der Waals surface area (Å²) in [6.07, 6.45) is 4.26. The minimum Gasteiger partial charge on any atom is -0.368 e. The van der Waals surface area contributed by atoms with Crippen molar-refractivity contribution in [1.82, 2.24) is 20.1 Å². The molecule has 1 N–H and O–H groups in total. The number of hydrogen-bond donors (Lipinski definition) is 1. The Morgan fingerprint density at radius 2 is 1.93 bits per heavy atom. The number of nitrogens with one attached hydrogen (secondary N) is 1. The lowest BCUT2D eigenvalue weighted by molar-refractivity contribution is 0.0216. The van der Waals surface area contributed by atoms with Crippen LogP contribution in [-0.4, -0.2) is 79.1 Å². The van der Waals surface area contributed by atoms with Crippen LogP contribution in [0.15, 0.2) is 17.6 Å². The molecule has 2 aromatic rings. The first kappa shape index (κ1) is 18.3. The summed E-state index contributed by atoms with van der Waals surface area (Å²) in [4.78, 5) is 24.8. The van der Waals surface area contributed by atoms with Crippen LogP contribution in [0.5, 0.6) is 0 Å². The molecule has 0 spiro atoms. The number of carbonyl (C=O) groups excluding carboxylic acids is 1. The average molecular weight is 400 g/mol. The second-order valence-electron chi connectivity index (χ2n) is 8.59. The molecule has 4 aliphatic heterocycles. The third-order valence-electron chi connectivity index (χ3n) is 6.99. The number of likely N-dealkylation sites (N-methyl/N-ethyl adjacent to an activating group) is 1. The molecule has 2 atom stereocenters. The molecule has 0 aromatic carbocycles. The van der Waals surface area contributed by atoms with Gasteiger partial charge in [-0.05, 0) is 51.9 Å². The van der Waals surface area contributed by atoms with Crippen molar-refractivity contribution in [1.29, 1.82) is 0 Å². The van der Waals surface area contributed by atoms with Gasteiger partial charge in [0, 0.05) is 55.2 Å². The highest BCUT2D eigenvalue weighted by atomic mass is 32.1. The van der Waals surface area contributed by atoms with E-state index in [1.807, 2.05) is 12.3 Å². The van der Waals surface area contributed by atoms with E-state index in [-0.39, 0.29) is 11.9 Å². The molecule has 4 aliphatic rings. The Morgan fingerprint density at radius 3 is 2.64 bits per heavy atom. The van der Waals surface area contributed by atoms with Crippen LogP contribution in [0.3, 0.4) is 0 Å². The van der Waals surface area contributed by atoms with Crippen molar-refractivity contribution in [2.75, 3.05) is 51.2 Å². The van der Waals surface area contributed by atoms with Gasteiger partial charge in [-0.2, -0.15) is 0 Å². The van der Waals surface area contributed by atoms with E-state index < -0.39 is 0 Å². The zero-order chi connectivity index (χ0) is 19.3. The molecule has 2 unspecified atom stereocenters. The molecule has 4 saturated heterocycles. The maximum absolute atomic E-state index is 13.0. The van der Waals surface area contributed by atoms with Crippen molar-refractivity contribution in [2.45, 2.75) is 31.8 Å². The molecule has 4 fully saturated rings. The fourth-order valence-electron chi connectivity index (χ4n) is 5.11. The number of anilines is 1. The molecular formula is C21H29N5OS. The van der Waals surface area contributed by atoms with Crippen molar-refractivity contribution < 1.29 is 4.79 Å². The van der Waals surface area contributed by atoms with Gasteiger partial charge in [-0.1, -0.05) is 0 Å². The molecule has 6 heterocycles. The molecule has 2 aromatic heterocycles. The van der Waals surface area contributed by atoms with Gasteiger partial charge in [-0.3, -0.25) is 9.69 Å². The fraction of sp³-hybridized carbons (Fsp3) is 0.619. The molecular weight excluding hydrogens is 370 g/mol. The third-order valence-corrected chi connectivity index (χ3v) is 7.91. The van der Waals surface area contributed by atoms with E-state index in [1.165, 1.54) is 31.6 Å². The molecule has 150 valence electrons. The van der Waals surface area contributed by atoms with Crippen LogP contribution < -0.4 is 10.2 Å². The summed E-state index contributed by atoms with van der Waals surface area (Å²) in [5.41, 5.74) is 1.80. The monoisotopic (exact) mass is 399 g/mol. The first-order valence-corrected chi connectivity index (χ1v) is 11.3. The summed E-state index contributed by atoms with van der Waals surface area (Å²) >= 11 is 1.72. The number of carbonyl (C=O) groups is 1. The number of thiophene rings is 1. The van der Waals surface area contributed by atoms with Crippen LogP contribution in [0.1, 0.15) is 30.3 Å². The van der Waals surface area contributed by atoms with E-state index >= 15 is 0 Å². The maximum atomic E-state index is 13.0. The van der Waals surface area contributed by atoms with Gasteiger partial charge < -0.3 is 15.1 Å². The van der Waals surface area contributed by atoms with E-state index in [0.717, 1.165) is 36.3 Å². The largest absolute Gasteiger partial charge is 0.368 e. The third kappa shape index (κ3) is 3.19. The standard InChI is InChI=1S/C21H29N5OS/c1-14-20(15-3-5-25(14)6-4-15)23-21(27)17-11-16-18(13-28-19(16)12-22-17)26-9-7-24(2)8-10-26/h11-15,20H,3-10H2,1-2H3,(H,23,27). The number of piperidine rings is 3. The van der Waals surface area contributed by atoms with E-state index in [1.54, 1.807) is 11.3 Å². The number of fused-ring (bicyclic) bond motifs is 4. The quantitative estimate of drug-likeness (QED) is 0.858. The minimum atomic E-state index is -0.0250. The van der Waals surface area contributed by atoms with Crippen LogP contribution in [0.25, 0.3) is 10.1 Å². The first-order valence-electron chi connectivity index (χ1n) is 10.5. The van der Waals surface area contributed by atoms with E-state index in [9.17, 15) is 4.79 Å². The van der Waals surface area contributed by atoms with Crippen LogP contribution in [0, 0.1) is 5.92 Å². The smallest absolute Gasteiger partial charge is 0.270 e. The van der Waals surface area contributed by atoms with E-state index in [0.29, 0.717) is 17.7 Å². The molecule has 7 heteroatoms. The fourth-order valence-corrected chi connectivity index (χ4v) is 6.03. The number of nitrogens with zero attached hydrogens (tertiary/aromatic N) is 4. The number of rotatable bonds is 3. The Kier molecular flexibility index (Phi) is 4.77.